The van der Waals surface area contributed by atoms with E-state index >= 15 is 0 Å². The van der Waals surface area contributed by atoms with Gasteiger partial charge in [-0.25, -0.2) is 0 Å². The molecule has 0 heterocycles. The van der Waals surface area contributed by atoms with Gasteiger partial charge in [0.1, 0.15) is 0 Å². The second kappa shape index (κ2) is 7.22. The van der Waals surface area contributed by atoms with Gasteiger partial charge in [-0.3, -0.25) is 9.59 Å². The molecule has 1 aromatic carbocycles. The number of hydrogen-bond donors (Lipinski definition) is 2. The average molecular weight is 261 g/mol. The molecule has 0 radical (unpaired) electrons. The number of carboxylic acids is 1. The zero-order valence-electron chi connectivity index (χ0n) is 11.7. The molecule has 1 rings (SSSR count). The van der Waals surface area contributed by atoms with Crippen LogP contribution in [0.1, 0.15) is 43.6 Å². The molecule has 0 aliphatic carbocycles. The molecule has 0 aliphatic heterocycles. The van der Waals surface area contributed by atoms with Crippen LogP contribution in [0.15, 0.2) is 24.3 Å². The molecule has 0 saturated carbocycles. The highest BCUT2D eigenvalue weighted by Crippen LogP contribution is 2.11. The summed E-state index contributed by atoms with van der Waals surface area (Å²) < 4.78 is 0. The van der Waals surface area contributed by atoms with Crippen LogP contribution < -0.4 is 5.73 Å². The summed E-state index contributed by atoms with van der Waals surface area (Å²) in [4.78, 5) is 19.9. The van der Waals surface area contributed by atoms with Crippen LogP contribution in [0.5, 0.6) is 0 Å². The molecular formula is C15H19NO3. The molecule has 1 amide bonds. The summed E-state index contributed by atoms with van der Waals surface area (Å²) in [6.07, 6.45) is 0. The van der Waals surface area contributed by atoms with Crippen LogP contribution in [0.2, 0.25) is 0 Å². The highest BCUT2D eigenvalue weighted by Gasteiger charge is 2.04. The van der Waals surface area contributed by atoms with Gasteiger partial charge in [0, 0.05) is 23.5 Å². The highest BCUT2D eigenvalue weighted by molar-refractivity contribution is 5.93. The standard InChI is InChI=1S/C13H15NO.C2H4O2/c1-13(2,3)8-7-10-5-4-6-11(9-10)12(14)15;1-2(3)4/h4-6,9H,1-3H3,(H2,14,15);1H3,(H,3,4). The van der Waals surface area contributed by atoms with Gasteiger partial charge in [0.25, 0.3) is 5.97 Å². The number of carbonyl (C=O) groups is 2. The number of nitrogens with two attached hydrogens (primary N) is 1. The van der Waals surface area contributed by atoms with Gasteiger partial charge in [-0.1, -0.05) is 17.9 Å². The van der Waals surface area contributed by atoms with E-state index in [9.17, 15) is 4.79 Å². The minimum Gasteiger partial charge on any atom is -0.481 e. The van der Waals surface area contributed by atoms with Crippen LogP contribution in [0.4, 0.5) is 0 Å². The minimum atomic E-state index is -0.833. The summed E-state index contributed by atoms with van der Waals surface area (Å²) in [5.41, 5.74) is 6.46. The van der Waals surface area contributed by atoms with Crippen LogP contribution in [0.3, 0.4) is 0 Å². The van der Waals surface area contributed by atoms with Crippen LogP contribution in [0.25, 0.3) is 0 Å². The zero-order chi connectivity index (χ0) is 15.1. The van der Waals surface area contributed by atoms with Crippen molar-refractivity contribution in [3.63, 3.8) is 0 Å². The average Bonchev–Trinajstić information content (AvgIpc) is 2.25. The van der Waals surface area contributed by atoms with Gasteiger partial charge in [-0.2, -0.15) is 0 Å². The summed E-state index contributed by atoms with van der Waals surface area (Å²) >= 11 is 0. The molecule has 0 fully saturated rings. The molecule has 0 aliphatic rings. The van der Waals surface area contributed by atoms with Crippen molar-refractivity contribution in [1.29, 1.82) is 0 Å². The Labute approximate surface area is 113 Å². The molecule has 1 aromatic rings. The minimum absolute atomic E-state index is 0.0390. The quantitative estimate of drug-likeness (QED) is 0.761. The van der Waals surface area contributed by atoms with Crippen molar-refractivity contribution < 1.29 is 14.7 Å². The number of hydrogen-bond acceptors (Lipinski definition) is 2. The predicted octanol–water partition coefficient (Wildman–Crippen LogP) is 2.27. The summed E-state index contributed by atoms with van der Waals surface area (Å²) in [7, 11) is 0. The maximum absolute atomic E-state index is 10.9. The maximum atomic E-state index is 10.9. The largest absolute Gasteiger partial charge is 0.481 e. The van der Waals surface area contributed by atoms with Gasteiger partial charge in [-0.05, 0) is 39.0 Å². The predicted molar refractivity (Wildman–Crippen MR) is 74.6 cm³/mol. The third-order valence-corrected chi connectivity index (χ3v) is 1.73. The summed E-state index contributed by atoms with van der Waals surface area (Å²) in [5.74, 6) is 4.87. The maximum Gasteiger partial charge on any atom is 0.300 e. The summed E-state index contributed by atoms with van der Waals surface area (Å²) in [6.45, 7) is 7.20. The molecule has 0 spiro atoms. The topological polar surface area (TPSA) is 80.4 Å². The van der Waals surface area contributed by atoms with Crippen molar-refractivity contribution in [1.82, 2.24) is 0 Å². The van der Waals surface area contributed by atoms with E-state index < -0.39 is 11.9 Å². The Kier molecular flexibility index (Phi) is 6.35. The van der Waals surface area contributed by atoms with Crippen molar-refractivity contribution in [2.24, 2.45) is 11.1 Å². The van der Waals surface area contributed by atoms with E-state index in [4.69, 9.17) is 15.6 Å². The fourth-order valence-corrected chi connectivity index (χ4v) is 1.01. The smallest absolute Gasteiger partial charge is 0.300 e. The normalized spacial score (nSPS) is 9.47. The second-order valence-electron chi connectivity index (χ2n) is 4.96. The Morgan fingerprint density at radius 3 is 2.21 bits per heavy atom. The van der Waals surface area contributed by atoms with E-state index in [1.54, 1.807) is 18.2 Å². The van der Waals surface area contributed by atoms with Gasteiger partial charge in [-0.15, -0.1) is 0 Å². The molecular weight excluding hydrogens is 242 g/mol. The van der Waals surface area contributed by atoms with E-state index in [1.165, 1.54) is 0 Å². The van der Waals surface area contributed by atoms with Gasteiger partial charge in [0.15, 0.2) is 0 Å². The fraction of sp³-hybridized carbons (Fsp3) is 0.333. The first-order chi connectivity index (χ1) is 8.61. The van der Waals surface area contributed by atoms with E-state index in [0.29, 0.717) is 5.56 Å². The first-order valence-corrected chi connectivity index (χ1v) is 5.74. The number of carbonyl (C=O) groups excluding carboxylic acids is 1. The van der Waals surface area contributed by atoms with Crippen molar-refractivity contribution >= 4 is 11.9 Å². The number of rotatable bonds is 1. The van der Waals surface area contributed by atoms with Crippen LogP contribution in [-0.4, -0.2) is 17.0 Å². The first kappa shape index (κ1) is 16.7. The van der Waals surface area contributed by atoms with Gasteiger partial charge >= 0.3 is 0 Å². The van der Waals surface area contributed by atoms with Gasteiger partial charge in [0.05, 0.1) is 0 Å². The van der Waals surface area contributed by atoms with Gasteiger partial charge < -0.3 is 10.8 Å². The van der Waals surface area contributed by atoms with E-state index in [-0.39, 0.29) is 5.41 Å². The van der Waals surface area contributed by atoms with Crippen LogP contribution in [-0.2, 0) is 4.79 Å². The molecule has 0 atom stereocenters. The van der Waals surface area contributed by atoms with Crippen LogP contribution in [0, 0.1) is 17.3 Å². The van der Waals surface area contributed by atoms with E-state index in [0.717, 1.165) is 12.5 Å². The molecule has 19 heavy (non-hydrogen) atoms. The fourth-order valence-electron chi connectivity index (χ4n) is 1.01. The van der Waals surface area contributed by atoms with Crippen LogP contribution >= 0.6 is 0 Å². The highest BCUT2D eigenvalue weighted by atomic mass is 16.4. The number of amides is 1. The molecule has 4 nitrogen and oxygen atoms in total. The van der Waals surface area contributed by atoms with Crippen molar-refractivity contribution in [2.75, 3.05) is 0 Å². The Morgan fingerprint density at radius 2 is 1.79 bits per heavy atom. The van der Waals surface area contributed by atoms with E-state index in [2.05, 4.69) is 11.8 Å². The lowest BCUT2D eigenvalue weighted by atomic mass is 9.97. The number of primary amides is 1. The summed E-state index contributed by atoms with van der Waals surface area (Å²) in [5, 5.41) is 7.42. The van der Waals surface area contributed by atoms with Crippen molar-refractivity contribution in [3.8, 4) is 11.8 Å². The number of aliphatic carboxylic acids is 1. The Balaban J connectivity index is 0.000000711. The van der Waals surface area contributed by atoms with Crippen molar-refractivity contribution in [3.05, 3.63) is 35.4 Å². The zero-order valence-corrected chi connectivity index (χ0v) is 11.7. The molecule has 0 saturated heterocycles. The molecule has 4 heteroatoms. The lowest BCUT2D eigenvalue weighted by Crippen LogP contribution is -2.10. The Morgan fingerprint density at radius 1 is 1.26 bits per heavy atom. The monoisotopic (exact) mass is 261 g/mol. The summed E-state index contributed by atoms with van der Waals surface area (Å²) in [6, 6.07) is 7.05. The van der Waals surface area contributed by atoms with Crippen molar-refractivity contribution in [2.45, 2.75) is 27.7 Å². The molecule has 0 unspecified atom stereocenters. The molecule has 102 valence electrons. The lowest BCUT2D eigenvalue weighted by Gasteiger charge is -2.06. The first-order valence-electron chi connectivity index (χ1n) is 5.74. The molecule has 0 bridgehead atoms. The SMILES string of the molecule is CC(=O)O.CC(C)(C)C#Cc1cccc(C(N)=O)c1. The number of benzene rings is 1. The Hall–Kier alpha value is -2.28. The second-order valence-corrected chi connectivity index (χ2v) is 4.96. The molecule has 0 aromatic heterocycles. The Bertz CT molecular complexity index is 512. The van der Waals surface area contributed by atoms with E-state index in [1.807, 2.05) is 26.8 Å². The lowest BCUT2D eigenvalue weighted by molar-refractivity contribution is -0.134. The van der Waals surface area contributed by atoms with Gasteiger partial charge in [0.2, 0.25) is 5.91 Å². The molecule has 3 N–H and O–H groups in total. The third-order valence-electron chi connectivity index (χ3n) is 1.73. The number of carboxylic acid groups (broad SMARTS) is 1. The third kappa shape index (κ3) is 9.42.